The molecule has 0 aliphatic rings. The van der Waals surface area contributed by atoms with Crippen molar-refractivity contribution in [1.29, 1.82) is 0 Å². The van der Waals surface area contributed by atoms with E-state index in [0.717, 1.165) is 5.56 Å². The molecule has 0 nitrogen and oxygen atoms in total. The van der Waals surface area contributed by atoms with Crippen molar-refractivity contribution in [2.75, 3.05) is 0 Å². The Hall–Kier alpha value is -1.22. The zero-order valence-electron chi connectivity index (χ0n) is 8.08. The lowest BCUT2D eigenvalue weighted by atomic mass is 9.95. The smallest absolute Gasteiger partial charge is 0.0319 e. The monoisotopic (exact) mass is 157 g/mol. The van der Waals surface area contributed by atoms with Gasteiger partial charge in [-0.15, -0.1) is 0 Å². The lowest BCUT2D eigenvalue weighted by Gasteiger charge is -2.09. The molecular formula is C12H13. The Morgan fingerprint density at radius 3 is 1.75 bits per heavy atom. The Morgan fingerprint density at radius 1 is 1.00 bits per heavy atom. The van der Waals surface area contributed by atoms with Crippen molar-refractivity contribution in [3.63, 3.8) is 0 Å². The third-order valence-electron chi connectivity index (χ3n) is 2.49. The maximum absolute atomic E-state index is 7.17. The van der Waals surface area contributed by atoms with E-state index in [2.05, 4.69) is 25.8 Å². The largest absolute Gasteiger partial charge is 0.0558 e. The average molecular weight is 157 g/mol. The van der Waals surface area contributed by atoms with Gasteiger partial charge >= 0.3 is 0 Å². The molecular weight excluding hydrogens is 144 g/mol. The Balaban J connectivity index is 3.56. The van der Waals surface area contributed by atoms with Gasteiger partial charge in [0, 0.05) is 5.56 Å². The molecule has 0 N–H and O–H groups in total. The van der Waals surface area contributed by atoms with Crippen molar-refractivity contribution in [2.45, 2.75) is 27.7 Å². The summed E-state index contributed by atoms with van der Waals surface area (Å²) in [7, 11) is 0. The SMILES string of the molecule is [C]#Cc1c(C)c(C)cc(C)c1C. The molecule has 0 aliphatic heterocycles. The topological polar surface area (TPSA) is 0 Å². The van der Waals surface area contributed by atoms with Gasteiger partial charge in [-0.2, -0.15) is 0 Å². The third kappa shape index (κ3) is 1.23. The van der Waals surface area contributed by atoms with Gasteiger partial charge in [0.25, 0.3) is 0 Å². The minimum Gasteiger partial charge on any atom is -0.0558 e. The van der Waals surface area contributed by atoms with Crippen LogP contribution < -0.4 is 0 Å². The Bertz CT molecular complexity index is 325. The van der Waals surface area contributed by atoms with Gasteiger partial charge in [0.1, 0.15) is 0 Å². The fourth-order valence-corrected chi connectivity index (χ4v) is 1.40. The molecule has 1 rings (SSSR count). The van der Waals surface area contributed by atoms with Gasteiger partial charge in [0.15, 0.2) is 0 Å². The van der Waals surface area contributed by atoms with E-state index in [4.69, 9.17) is 6.42 Å². The number of hydrogen-bond donors (Lipinski definition) is 0. The summed E-state index contributed by atoms with van der Waals surface area (Å²) < 4.78 is 0. The normalized spacial score (nSPS) is 9.58. The Kier molecular flexibility index (Phi) is 2.24. The summed E-state index contributed by atoms with van der Waals surface area (Å²) in [5.41, 5.74) is 5.79. The molecule has 61 valence electrons. The van der Waals surface area contributed by atoms with Crippen molar-refractivity contribution in [1.82, 2.24) is 0 Å². The summed E-state index contributed by atoms with van der Waals surface area (Å²) in [5, 5.41) is 0. The van der Waals surface area contributed by atoms with E-state index in [0.29, 0.717) is 0 Å². The van der Waals surface area contributed by atoms with Gasteiger partial charge in [-0.1, -0.05) is 12.0 Å². The van der Waals surface area contributed by atoms with Gasteiger partial charge in [0.2, 0.25) is 0 Å². The van der Waals surface area contributed by atoms with Crippen LogP contribution in [0, 0.1) is 40.0 Å². The summed E-state index contributed by atoms with van der Waals surface area (Å²) in [4.78, 5) is 0. The molecule has 0 aliphatic carbocycles. The molecule has 0 fully saturated rings. The summed E-state index contributed by atoms with van der Waals surface area (Å²) in [6.45, 7) is 8.22. The second-order valence-electron chi connectivity index (χ2n) is 3.26. The molecule has 0 bridgehead atoms. The number of hydrogen-bond acceptors (Lipinski definition) is 0. The van der Waals surface area contributed by atoms with Crippen molar-refractivity contribution in [2.24, 2.45) is 0 Å². The molecule has 0 spiro atoms. The minimum atomic E-state index is 0.951. The fraction of sp³-hybridized carbons (Fsp3) is 0.333. The third-order valence-corrected chi connectivity index (χ3v) is 2.49. The van der Waals surface area contributed by atoms with Crippen molar-refractivity contribution >= 4 is 0 Å². The molecule has 0 saturated heterocycles. The predicted octanol–water partition coefficient (Wildman–Crippen LogP) is 2.86. The average Bonchev–Trinajstić information content (AvgIpc) is 2.02. The van der Waals surface area contributed by atoms with Gasteiger partial charge < -0.3 is 0 Å². The molecule has 0 heterocycles. The first kappa shape index (κ1) is 8.87. The van der Waals surface area contributed by atoms with E-state index in [-0.39, 0.29) is 0 Å². The summed E-state index contributed by atoms with van der Waals surface area (Å²) in [6, 6.07) is 2.16. The van der Waals surface area contributed by atoms with Crippen molar-refractivity contribution in [3.8, 4) is 5.92 Å². The Morgan fingerprint density at radius 2 is 1.42 bits per heavy atom. The molecule has 0 atom stereocenters. The molecule has 1 radical (unpaired) electrons. The first-order valence-corrected chi connectivity index (χ1v) is 4.08. The number of benzene rings is 1. The molecule has 0 unspecified atom stereocenters. The lowest BCUT2D eigenvalue weighted by molar-refractivity contribution is 1.22. The van der Waals surface area contributed by atoms with Crippen LogP contribution in [0.5, 0.6) is 0 Å². The second-order valence-corrected chi connectivity index (χ2v) is 3.26. The standard InChI is InChI=1S/C12H13/c1-6-12-10(4)8(2)7-9(3)11(12)5/h7H,2-5H3. The number of rotatable bonds is 0. The highest BCUT2D eigenvalue weighted by Crippen LogP contribution is 2.20. The van der Waals surface area contributed by atoms with Crippen LogP contribution in [0.1, 0.15) is 27.8 Å². The highest BCUT2D eigenvalue weighted by molar-refractivity contribution is 5.51. The van der Waals surface area contributed by atoms with E-state index in [9.17, 15) is 0 Å². The van der Waals surface area contributed by atoms with Crippen LogP contribution in [-0.4, -0.2) is 0 Å². The van der Waals surface area contributed by atoms with Crippen molar-refractivity contribution in [3.05, 3.63) is 40.3 Å². The van der Waals surface area contributed by atoms with Gasteiger partial charge in [-0.3, -0.25) is 0 Å². The first-order valence-electron chi connectivity index (χ1n) is 4.08. The van der Waals surface area contributed by atoms with Gasteiger partial charge in [-0.25, -0.2) is 0 Å². The summed E-state index contributed by atoms with van der Waals surface area (Å²) in [5.74, 6) is 2.50. The van der Waals surface area contributed by atoms with E-state index >= 15 is 0 Å². The van der Waals surface area contributed by atoms with Crippen molar-refractivity contribution < 1.29 is 0 Å². The molecule has 0 aromatic heterocycles. The molecule has 0 heteroatoms. The predicted molar refractivity (Wildman–Crippen MR) is 51.6 cm³/mol. The van der Waals surface area contributed by atoms with Crippen LogP contribution in [0.4, 0.5) is 0 Å². The molecule has 1 aromatic carbocycles. The highest BCUT2D eigenvalue weighted by atomic mass is 14.1. The van der Waals surface area contributed by atoms with Crippen LogP contribution in [0.2, 0.25) is 0 Å². The Labute approximate surface area is 74.6 Å². The van der Waals surface area contributed by atoms with E-state index in [1.54, 1.807) is 0 Å². The van der Waals surface area contributed by atoms with E-state index in [1.807, 2.05) is 13.8 Å². The summed E-state index contributed by atoms with van der Waals surface area (Å²) in [6.07, 6.45) is 7.17. The molecule has 0 saturated carbocycles. The van der Waals surface area contributed by atoms with Gasteiger partial charge in [-0.05, 0) is 56.4 Å². The number of aryl methyl sites for hydroxylation is 2. The maximum atomic E-state index is 7.17. The fourth-order valence-electron chi connectivity index (χ4n) is 1.40. The van der Waals surface area contributed by atoms with Gasteiger partial charge in [0.05, 0.1) is 0 Å². The lowest BCUT2D eigenvalue weighted by Crippen LogP contribution is -1.94. The molecule has 0 amide bonds. The van der Waals surface area contributed by atoms with Crippen LogP contribution in [-0.2, 0) is 0 Å². The quantitative estimate of drug-likeness (QED) is 0.508. The van der Waals surface area contributed by atoms with E-state index in [1.165, 1.54) is 22.3 Å². The first-order chi connectivity index (χ1) is 5.57. The molecule has 12 heavy (non-hydrogen) atoms. The van der Waals surface area contributed by atoms with Crippen LogP contribution in [0.3, 0.4) is 0 Å². The van der Waals surface area contributed by atoms with Crippen LogP contribution in [0.15, 0.2) is 6.07 Å². The minimum absolute atomic E-state index is 0.951. The zero-order chi connectivity index (χ0) is 9.30. The summed E-state index contributed by atoms with van der Waals surface area (Å²) >= 11 is 0. The van der Waals surface area contributed by atoms with Crippen LogP contribution in [0.25, 0.3) is 0 Å². The highest BCUT2D eigenvalue weighted by Gasteiger charge is 2.04. The maximum Gasteiger partial charge on any atom is 0.0319 e. The second kappa shape index (κ2) is 3.03. The van der Waals surface area contributed by atoms with Crippen LogP contribution >= 0.6 is 0 Å². The van der Waals surface area contributed by atoms with E-state index < -0.39 is 0 Å². The zero-order valence-corrected chi connectivity index (χ0v) is 8.08. The molecule has 1 aromatic rings.